The van der Waals surface area contributed by atoms with Crippen LogP contribution in [0.3, 0.4) is 0 Å². The van der Waals surface area contributed by atoms with E-state index in [1.807, 2.05) is 30.5 Å². The van der Waals surface area contributed by atoms with Crippen molar-refractivity contribution in [3.8, 4) is 0 Å². The molecular weight excluding hydrogens is 344 g/mol. The monoisotopic (exact) mass is 366 g/mol. The maximum Gasteiger partial charge on any atom is 0.237 e. The van der Waals surface area contributed by atoms with Gasteiger partial charge in [-0.3, -0.25) is 4.79 Å². The number of aromatic nitrogens is 3. The summed E-state index contributed by atoms with van der Waals surface area (Å²) >= 11 is 7.41. The summed E-state index contributed by atoms with van der Waals surface area (Å²) in [5.41, 5.74) is 1.72. The average Bonchev–Trinajstić information content (AvgIpc) is 2.98. The van der Waals surface area contributed by atoms with Gasteiger partial charge in [0, 0.05) is 17.3 Å². The lowest BCUT2D eigenvalue weighted by Crippen LogP contribution is -2.23. The van der Waals surface area contributed by atoms with Crippen LogP contribution in [0.5, 0.6) is 0 Å². The van der Waals surface area contributed by atoms with Gasteiger partial charge in [-0.15, -0.1) is 10.2 Å². The molecule has 1 heterocycles. The zero-order valence-corrected chi connectivity index (χ0v) is 15.8. The smallest absolute Gasteiger partial charge is 0.237 e. The molecule has 2 rings (SSSR count). The van der Waals surface area contributed by atoms with E-state index in [-0.39, 0.29) is 11.2 Å². The number of carbonyl (C=O) groups is 1. The summed E-state index contributed by atoms with van der Waals surface area (Å²) in [7, 11) is 0. The molecule has 0 saturated carbocycles. The molecule has 130 valence electrons. The first-order valence-corrected chi connectivity index (χ1v) is 9.38. The van der Waals surface area contributed by atoms with E-state index in [1.165, 1.54) is 24.6 Å². The Hall–Kier alpha value is -1.53. The molecule has 0 bridgehead atoms. The van der Waals surface area contributed by atoms with Crippen LogP contribution < -0.4 is 5.32 Å². The average molecular weight is 367 g/mol. The maximum absolute atomic E-state index is 12.4. The topological polar surface area (TPSA) is 59.8 Å². The number of anilines is 1. The Morgan fingerprint density at radius 2 is 2.21 bits per heavy atom. The molecule has 1 atom stereocenters. The van der Waals surface area contributed by atoms with Crippen molar-refractivity contribution in [1.29, 1.82) is 0 Å². The number of rotatable bonds is 8. The first kappa shape index (κ1) is 18.8. The molecule has 0 fully saturated rings. The molecule has 7 heteroatoms. The number of carbonyl (C=O) groups excluding carboxylic acids is 1. The van der Waals surface area contributed by atoms with Crippen LogP contribution >= 0.6 is 23.4 Å². The number of hydrogen-bond donors (Lipinski definition) is 1. The first-order valence-electron chi connectivity index (χ1n) is 8.12. The van der Waals surface area contributed by atoms with Crippen LogP contribution in [0.15, 0.2) is 29.7 Å². The molecule has 1 aromatic carbocycles. The molecule has 0 aliphatic heterocycles. The summed E-state index contributed by atoms with van der Waals surface area (Å²) < 4.78 is 2.01. The number of thioether (sulfide) groups is 1. The lowest BCUT2D eigenvalue weighted by Gasteiger charge is -2.14. The molecule has 1 amide bonds. The van der Waals surface area contributed by atoms with Crippen molar-refractivity contribution < 1.29 is 4.79 Å². The maximum atomic E-state index is 12.4. The lowest BCUT2D eigenvalue weighted by atomic mass is 10.2. The van der Waals surface area contributed by atoms with Crippen molar-refractivity contribution in [1.82, 2.24) is 14.8 Å². The fraction of sp³-hybridized carbons (Fsp3) is 0.471. The number of aryl methyl sites for hydroxylation is 2. The molecule has 0 spiro atoms. The van der Waals surface area contributed by atoms with Crippen LogP contribution in [0.1, 0.15) is 38.7 Å². The third kappa shape index (κ3) is 5.24. The van der Waals surface area contributed by atoms with E-state index >= 15 is 0 Å². The van der Waals surface area contributed by atoms with Crippen molar-refractivity contribution in [2.24, 2.45) is 0 Å². The number of halogens is 1. The molecule has 0 unspecified atom stereocenters. The van der Waals surface area contributed by atoms with Crippen LogP contribution in [-0.2, 0) is 11.3 Å². The molecule has 0 aliphatic carbocycles. The van der Waals surface area contributed by atoms with E-state index in [9.17, 15) is 4.79 Å². The van der Waals surface area contributed by atoms with Crippen molar-refractivity contribution in [2.45, 2.75) is 57.0 Å². The predicted molar refractivity (Wildman–Crippen MR) is 99.7 cm³/mol. The second kappa shape index (κ2) is 9.08. The van der Waals surface area contributed by atoms with E-state index < -0.39 is 0 Å². The number of hydrogen-bond acceptors (Lipinski definition) is 4. The highest BCUT2D eigenvalue weighted by atomic mass is 35.5. The van der Waals surface area contributed by atoms with E-state index in [1.54, 1.807) is 12.4 Å². The normalized spacial score (nSPS) is 12.2. The highest BCUT2D eigenvalue weighted by Gasteiger charge is 2.18. The SMILES string of the molecule is CCCCCn1cnnc1S[C@@H](C)C(=O)Nc1cc(Cl)ccc1C. The Morgan fingerprint density at radius 3 is 2.96 bits per heavy atom. The second-order valence-electron chi connectivity index (χ2n) is 5.72. The minimum Gasteiger partial charge on any atom is -0.325 e. The number of benzene rings is 1. The van der Waals surface area contributed by atoms with E-state index in [2.05, 4.69) is 22.4 Å². The van der Waals surface area contributed by atoms with Gasteiger partial charge in [-0.05, 0) is 38.0 Å². The number of nitrogens with one attached hydrogen (secondary N) is 1. The van der Waals surface area contributed by atoms with Gasteiger partial charge < -0.3 is 9.88 Å². The summed E-state index contributed by atoms with van der Waals surface area (Å²) in [5, 5.41) is 12.1. The first-order chi connectivity index (χ1) is 11.5. The van der Waals surface area contributed by atoms with Crippen LogP contribution in [0.2, 0.25) is 5.02 Å². The molecule has 5 nitrogen and oxygen atoms in total. The highest BCUT2D eigenvalue weighted by molar-refractivity contribution is 8.00. The molecule has 1 N–H and O–H groups in total. The van der Waals surface area contributed by atoms with Gasteiger partial charge in [-0.25, -0.2) is 0 Å². The van der Waals surface area contributed by atoms with Crippen LogP contribution in [-0.4, -0.2) is 25.9 Å². The van der Waals surface area contributed by atoms with E-state index in [4.69, 9.17) is 11.6 Å². The molecule has 1 aromatic heterocycles. The Morgan fingerprint density at radius 1 is 1.42 bits per heavy atom. The molecule has 2 aromatic rings. The van der Waals surface area contributed by atoms with Crippen molar-refractivity contribution >= 4 is 35.0 Å². The van der Waals surface area contributed by atoms with Gasteiger partial charge in [0.1, 0.15) is 6.33 Å². The minimum absolute atomic E-state index is 0.0755. The molecule has 24 heavy (non-hydrogen) atoms. The molecular formula is C17H23ClN4OS. The molecule has 0 radical (unpaired) electrons. The van der Waals surface area contributed by atoms with Gasteiger partial charge in [0.2, 0.25) is 5.91 Å². The number of nitrogens with zero attached hydrogens (tertiary/aromatic N) is 3. The predicted octanol–water partition coefficient (Wildman–Crippen LogP) is 4.55. The zero-order chi connectivity index (χ0) is 17.5. The third-order valence-electron chi connectivity index (χ3n) is 3.69. The van der Waals surface area contributed by atoms with Crippen molar-refractivity contribution in [3.05, 3.63) is 35.1 Å². The number of unbranched alkanes of at least 4 members (excludes halogenated alkanes) is 2. The Kier molecular flexibility index (Phi) is 7.12. The summed E-state index contributed by atoms with van der Waals surface area (Å²) in [6.45, 7) is 6.86. The van der Waals surface area contributed by atoms with Crippen LogP contribution in [0.4, 0.5) is 5.69 Å². The Labute approximate surface area is 152 Å². The number of amides is 1. The quantitative estimate of drug-likeness (QED) is 0.550. The van der Waals surface area contributed by atoms with Gasteiger partial charge in [0.25, 0.3) is 0 Å². The summed E-state index contributed by atoms with van der Waals surface area (Å²) in [6, 6.07) is 5.46. The van der Waals surface area contributed by atoms with Gasteiger partial charge >= 0.3 is 0 Å². The second-order valence-corrected chi connectivity index (χ2v) is 7.47. The molecule has 0 saturated heterocycles. The van der Waals surface area contributed by atoms with Crippen molar-refractivity contribution in [3.63, 3.8) is 0 Å². The van der Waals surface area contributed by atoms with Gasteiger partial charge in [-0.1, -0.05) is 49.2 Å². The van der Waals surface area contributed by atoms with E-state index in [0.717, 1.165) is 29.4 Å². The third-order valence-corrected chi connectivity index (χ3v) is 5.02. The van der Waals surface area contributed by atoms with E-state index in [0.29, 0.717) is 5.02 Å². The standard InChI is InChI=1S/C17H23ClN4OS/c1-4-5-6-9-22-11-19-21-17(22)24-13(3)16(23)20-15-10-14(18)8-7-12(15)2/h7-8,10-11,13H,4-6,9H2,1-3H3,(H,20,23)/t13-/m0/s1. The minimum atomic E-state index is -0.280. The Bertz CT molecular complexity index is 689. The fourth-order valence-electron chi connectivity index (χ4n) is 2.20. The summed E-state index contributed by atoms with van der Waals surface area (Å²) in [5.74, 6) is -0.0755. The van der Waals surface area contributed by atoms with Crippen LogP contribution in [0.25, 0.3) is 0 Å². The lowest BCUT2D eigenvalue weighted by molar-refractivity contribution is -0.115. The largest absolute Gasteiger partial charge is 0.325 e. The Balaban J connectivity index is 1.97. The van der Waals surface area contributed by atoms with Crippen LogP contribution in [0, 0.1) is 6.92 Å². The summed E-state index contributed by atoms with van der Waals surface area (Å²) in [6.07, 6.45) is 5.16. The van der Waals surface area contributed by atoms with Gasteiger partial charge in [0.15, 0.2) is 5.16 Å². The van der Waals surface area contributed by atoms with Crippen molar-refractivity contribution in [2.75, 3.05) is 5.32 Å². The molecule has 0 aliphatic rings. The fourth-order valence-corrected chi connectivity index (χ4v) is 3.22. The highest BCUT2D eigenvalue weighted by Crippen LogP contribution is 2.25. The summed E-state index contributed by atoms with van der Waals surface area (Å²) in [4.78, 5) is 12.4. The zero-order valence-electron chi connectivity index (χ0n) is 14.3. The van der Waals surface area contributed by atoms with Gasteiger partial charge in [-0.2, -0.15) is 0 Å². The van der Waals surface area contributed by atoms with Gasteiger partial charge in [0.05, 0.1) is 5.25 Å².